The molecule has 0 spiro atoms. The third kappa shape index (κ3) is 5.10. The van der Waals surface area contributed by atoms with E-state index in [0.29, 0.717) is 27.9 Å². The highest BCUT2D eigenvalue weighted by Crippen LogP contribution is 2.30. The number of aromatic nitrogens is 1. The predicted octanol–water partition coefficient (Wildman–Crippen LogP) is 6.06. The molecule has 7 heteroatoms. The van der Waals surface area contributed by atoms with Gasteiger partial charge in [-0.2, -0.15) is 9.89 Å². The van der Waals surface area contributed by atoms with Crippen molar-refractivity contribution in [1.82, 2.24) is 10.5 Å². The van der Waals surface area contributed by atoms with Crippen molar-refractivity contribution in [1.29, 1.82) is 0 Å². The second-order valence-corrected chi connectivity index (χ2v) is 8.60. The van der Waals surface area contributed by atoms with E-state index in [4.69, 9.17) is 4.52 Å². The summed E-state index contributed by atoms with van der Waals surface area (Å²) in [6.45, 7) is 1.95. The number of nitrogens with one attached hydrogen (secondary N) is 1. The SMILES string of the molecule is CSC(NC(=O)c1ccccc1)=[N+](C)c1cc(C(C)c2ccc(-c3ccccc3)c(F)c2)no1. The van der Waals surface area contributed by atoms with Gasteiger partial charge in [-0.15, -0.1) is 0 Å². The van der Waals surface area contributed by atoms with Crippen LogP contribution in [0.25, 0.3) is 11.1 Å². The standard InChI is InChI=1S/C27H24FN3O2S/c1-18(21-14-15-22(23(28)16-21)19-10-6-4-7-11-19)24-17-25(33-30-24)31(2)27(34-3)29-26(32)20-12-8-5-9-13-20/h4-18H,1-3H3/p+1. The summed E-state index contributed by atoms with van der Waals surface area (Å²) in [5.74, 6) is -0.195. The number of benzene rings is 3. The van der Waals surface area contributed by atoms with E-state index in [-0.39, 0.29) is 17.6 Å². The maximum atomic E-state index is 14.9. The molecule has 0 bridgehead atoms. The molecule has 5 nitrogen and oxygen atoms in total. The lowest BCUT2D eigenvalue weighted by molar-refractivity contribution is -0.421. The molecule has 1 unspecified atom stereocenters. The minimum Gasteiger partial charge on any atom is -0.314 e. The van der Waals surface area contributed by atoms with E-state index in [1.807, 2.05) is 67.8 Å². The number of amides is 1. The lowest BCUT2D eigenvalue weighted by Crippen LogP contribution is -2.33. The van der Waals surface area contributed by atoms with E-state index in [9.17, 15) is 9.18 Å². The number of amidine groups is 1. The third-order valence-electron chi connectivity index (χ3n) is 5.62. The van der Waals surface area contributed by atoms with Gasteiger partial charge in [-0.05, 0) is 47.3 Å². The van der Waals surface area contributed by atoms with Crippen LogP contribution in [-0.2, 0) is 0 Å². The molecule has 0 aliphatic carbocycles. The van der Waals surface area contributed by atoms with Gasteiger partial charge in [0.05, 0.1) is 24.4 Å². The summed E-state index contributed by atoms with van der Waals surface area (Å²) >= 11 is 1.38. The first kappa shape index (κ1) is 23.4. The summed E-state index contributed by atoms with van der Waals surface area (Å²) in [5.41, 5.74) is 3.43. The zero-order valence-electron chi connectivity index (χ0n) is 19.2. The van der Waals surface area contributed by atoms with E-state index >= 15 is 0 Å². The van der Waals surface area contributed by atoms with Gasteiger partial charge in [0, 0.05) is 11.5 Å². The van der Waals surface area contributed by atoms with Crippen molar-refractivity contribution in [3.63, 3.8) is 0 Å². The summed E-state index contributed by atoms with van der Waals surface area (Å²) in [7, 11) is 1.79. The van der Waals surface area contributed by atoms with Gasteiger partial charge in [0.25, 0.3) is 0 Å². The lowest BCUT2D eigenvalue weighted by Gasteiger charge is -2.11. The molecule has 1 heterocycles. The zero-order chi connectivity index (χ0) is 24.1. The van der Waals surface area contributed by atoms with Gasteiger partial charge in [0.15, 0.2) is 0 Å². The molecule has 4 aromatic rings. The van der Waals surface area contributed by atoms with Gasteiger partial charge >= 0.3 is 17.0 Å². The van der Waals surface area contributed by atoms with Crippen LogP contribution in [0.3, 0.4) is 0 Å². The first-order chi connectivity index (χ1) is 16.5. The van der Waals surface area contributed by atoms with Gasteiger partial charge in [-0.25, -0.2) is 9.18 Å². The van der Waals surface area contributed by atoms with Gasteiger partial charge in [-0.3, -0.25) is 0 Å². The van der Waals surface area contributed by atoms with Crippen molar-refractivity contribution >= 4 is 28.7 Å². The first-order valence-corrected chi connectivity index (χ1v) is 12.0. The maximum Gasteiger partial charge on any atom is 0.339 e. The third-order valence-corrected chi connectivity index (χ3v) is 6.39. The van der Waals surface area contributed by atoms with Crippen LogP contribution < -0.4 is 5.32 Å². The molecule has 1 aromatic heterocycles. The fourth-order valence-corrected chi connectivity index (χ4v) is 4.15. The monoisotopic (exact) mass is 474 g/mol. The molecule has 0 saturated carbocycles. The highest BCUT2D eigenvalue weighted by molar-refractivity contribution is 8.13. The van der Waals surface area contributed by atoms with Crippen LogP contribution in [0.1, 0.15) is 34.5 Å². The lowest BCUT2D eigenvalue weighted by atomic mass is 9.95. The average Bonchev–Trinajstić information content (AvgIpc) is 3.37. The number of hydrogen-bond acceptors (Lipinski definition) is 4. The number of thioether (sulfide) groups is 1. The summed E-state index contributed by atoms with van der Waals surface area (Å²) in [6.07, 6.45) is 1.87. The van der Waals surface area contributed by atoms with Crippen LogP contribution in [0.5, 0.6) is 0 Å². The average molecular weight is 475 g/mol. The fraction of sp³-hybridized carbons (Fsp3) is 0.148. The minimum absolute atomic E-state index is 0.179. The predicted molar refractivity (Wildman–Crippen MR) is 134 cm³/mol. The first-order valence-electron chi connectivity index (χ1n) is 10.8. The van der Waals surface area contributed by atoms with Crippen molar-refractivity contribution in [2.75, 3.05) is 13.3 Å². The van der Waals surface area contributed by atoms with Gasteiger partial charge < -0.3 is 4.52 Å². The quantitative estimate of drug-likeness (QED) is 0.217. The van der Waals surface area contributed by atoms with E-state index in [0.717, 1.165) is 11.1 Å². The molecule has 0 radical (unpaired) electrons. The second-order valence-electron chi connectivity index (χ2n) is 7.81. The molecule has 0 aliphatic rings. The fourth-order valence-electron chi connectivity index (χ4n) is 3.59. The van der Waals surface area contributed by atoms with Crippen molar-refractivity contribution in [2.24, 2.45) is 0 Å². The molecule has 0 saturated heterocycles. The Labute approximate surface area is 202 Å². The summed E-state index contributed by atoms with van der Waals surface area (Å²) in [5, 5.41) is 7.71. The Balaban J connectivity index is 1.55. The number of carbonyl (C=O) groups excluding carboxylic acids is 1. The molecular formula is C27H25FN3O2S+. The van der Waals surface area contributed by atoms with E-state index in [1.54, 1.807) is 42.0 Å². The van der Waals surface area contributed by atoms with Crippen LogP contribution in [0.15, 0.2) is 89.5 Å². The summed E-state index contributed by atoms with van der Waals surface area (Å²) in [6, 6.07) is 25.5. The number of rotatable bonds is 5. The molecule has 34 heavy (non-hydrogen) atoms. The highest BCUT2D eigenvalue weighted by atomic mass is 32.2. The van der Waals surface area contributed by atoms with Crippen molar-refractivity contribution in [3.05, 3.63) is 108 Å². The Morgan fingerprint density at radius 3 is 2.35 bits per heavy atom. The molecule has 172 valence electrons. The second kappa shape index (κ2) is 10.5. The Hall–Kier alpha value is -3.71. The van der Waals surface area contributed by atoms with Crippen molar-refractivity contribution < 1.29 is 18.3 Å². The number of nitrogens with zero attached hydrogens (tertiary/aromatic N) is 2. The van der Waals surface area contributed by atoms with Crippen molar-refractivity contribution in [2.45, 2.75) is 12.8 Å². The van der Waals surface area contributed by atoms with Gasteiger partial charge in [-0.1, -0.05) is 72.7 Å². The van der Waals surface area contributed by atoms with Crippen LogP contribution in [-0.4, -0.2) is 34.1 Å². The Bertz CT molecular complexity index is 1320. The van der Waals surface area contributed by atoms with E-state index in [1.165, 1.54) is 11.8 Å². The van der Waals surface area contributed by atoms with E-state index in [2.05, 4.69) is 10.5 Å². The molecule has 0 fully saturated rings. The highest BCUT2D eigenvalue weighted by Gasteiger charge is 2.22. The minimum atomic E-state index is -0.280. The molecule has 0 aliphatic heterocycles. The van der Waals surface area contributed by atoms with Crippen LogP contribution >= 0.6 is 11.8 Å². The smallest absolute Gasteiger partial charge is 0.314 e. The molecular weight excluding hydrogens is 449 g/mol. The summed E-state index contributed by atoms with van der Waals surface area (Å²) in [4.78, 5) is 12.6. The topological polar surface area (TPSA) is 58.1 Å². The molecule has 4 rings (SSSR count). The number of carbonyl (C=O) groups is 1. The molecule has 1 amide bonds. The molecule has 1 N–H and O–H groups in total. The Kier molecular flexibility index (Phi) is 7.23. The van der Waals surface area contributed by atoms with Gasteiger partial charge in [0.2, 0.25) is 0 Å². The maximum absolute atomic E-state index is 14.9. The summed E-state index contributed by atoms with van der Waals surface area (Å²) < 4.78 is 22.1. The van der Waals surface area contributed by atoms with Gasteiger partial charge in [0.1, 0.15) is 5.82 Å². The van der Waals surface area contributed by atoms with Crippen LogP contribution in [0.2, 0.25) is 0 Å². The molecule has 1 atom stereocenters. The number of hydrogen-bond donors (Lipinski definition) is 1. The molecule has 3 aromatic carbocycles. The Morgan fingerprint density at radius 1 is 1.03 bits per heavy atom. The largest absolute Gasteiger partial charge is 0.339 e. The van der Waals surface area contributed by atoms with Crippen LogP contribution in [0.4, 0.5) is 10.3 Å². The Morgan fingerprint density at radius 2 is 1.71 bits per heavy atom. The van der Waals surface area contributed by atoms with E-state index < -0.39 is 0 Å². The van der Waals surface area contributed by atoms with Crippen molar-refractivity contribution in [3.8, 4) is 11.1 Å². The normalized spacial score (nSPS) is 12.7. The van der Waals surface area contributed by atoms with Crippen LogP contribution in [0, 0.1) is 5.82 Å². The zero-order valence-corrected chi connectivity index (χ0v) is 20.0. The number of halogens is 1.